The van der Waals surface area contributed by atoms with Gasteiger partial charge in [0.2, 0.25) is 0 Å². The first kappa shape index (κ1) is 21.8. The number of halogens is 1. The van der Waals surface area contributed by atoms with Gasteiger partial charge in [-0.3, -0.25) is 9.89 Å². The van der Waals surface area contributed by atoms with Gasteiger partial charge in [0.25, 0.3) is 0 Å². The van der Waals surface area contributed by atoms with Gasteiger partial charge in [0, 0.05) is 45.2 Å². The number of furan rings is 1. The molecule has 3 rings (SSSR count). The largest absolute Gasteiger partial charge is 0.469 e. The molecule has 0 spiro atoms. The Morgan fingerprint density at radius 1 is 1.15 bits per heavy atom. The first-order valence-electron chi connectivity index (χ1n) is 9.67. The van der Waals surface area contributed by atoms with E-state index in [0.29, 0.717) is 6.04 Å². The molecule has 5 nitrogen and oxygen atoms in total. The van der Waals surface area contributed by atoms with Crippen LogP contribution in [0.15, 0.2) is 58.1 Å². The summed E-state index contributed by atoms with van der Waals surface area (Å²) >= 11 is 0. The molecule has 1 aromatic carbocycles. The second-order valence-corrected chi connectivity index (χ2v) is 6.77. The minimum Gasteiger partial charge on any atom is -0.469 e. The molecule has 1 aliphatic heterocycles. The highest BCUT2D eigenvalue weighted by Crippen LogP contribution is 2.13. The number of nitrogens with zero attached hydrogens (tertiary/aromatic N) is 2. The van der Waals surface area contributed by atoms with Crippen molar-refractivity contribution in [1.82, 2.24) is 15.5 Å². The van der Waals surface area contributed by atoms with Crippen LogP contribution in [-0.2, 0) is 13.0 Å². The van der Waals surface area contributed by atoms with Crippen LogP contribution < -0.4 is 10.6 Å². The molecule has 0 bridgehead atoms. The summed E-state index contributed by atoms with van der Waals surface area (Å²) in [6.45, 7) is 7.00. The van der Waals surface area contributed by atoms with Crippen LogP contribution in [0.25, 0.3) is 0 Å². The molecule has 0 atom stereocenters. The third-order valence-corrected chi connectivity index (χ3v) is 4.73. The van der Waals surface area contributed by atoms with Gasteiger partial charge in [-0.2, -0.15) is 0 Å². The predicted octanol–water partition coefficient (Wildman–Crippen LogP) is 3.66. The highest BCUT2D eigenvalue weighted by Gasteiger charge is 2.19. The first-order chi connectivity index (χ1) is 12.8. The molecule has 6 heteroatoms. The molecule has 2 heterocycles. The van der Waals surface area contributed by atoms with E-state index >= 15 is 0 Å². The standard InChI is InChI=1S/C21H30N4O.HI/c1-2-22-21(23-13-10-20-9-6-16-26-20)24-19-11-14-25(15-12-19)17-18-7-4-3-5-8-18;/h3-9,16,19H,2,10-15,17H2,1H3,(H2,22,23,24);1H. The maximum Gasteiger partial charge on any atom is 0.191 e. The minimum atomic E-state index is 0. The number of nitrogens with one attached hydrogen (secondary N) is 2. The van der Waals surface area contributed by atoms with Crippen LogP contribution >= 0.6 is 24.0 Å². The van der Waals surface area contributed by atoms with Crippen LogP contribution in [0.1, 0.15) is 31.1 Å². The van der Waals surface area contributed by atoms with Crippen molar-refractivity contribution in [1.29, 1.82) is 0 Å². The lowest BCUT2D eigenvalue weighted by Crippen LogP contribution is -2.48. The Balaban J connectivity index is 0.00000261. The Hall–Kier alpha value is -1.54. The minimum absolute atomic E-state index is 0. The molecule has 1 fully saturated rings. The lowest BCUT2D eigenvalue weighted by molar-refractivity contribution is 0.198. The molecule has 0 amide bonds. The molecule has 2 N–H and O–H groups in total. The summed E-state index contributed by atoms with van der Waals surface area (Å²) in [5, 5.41) is 6.96. The van der Waals surface area contributed by atoms with Crippen LogP contribution in [0.3, 0.4) is 0 Å². The molecular weight excluding hydrogens is 451 g/mol. The second-order valence-electron chi connectivity index (χ2n) is 6.77. The van der Waals surface area contributed by atoms with Crippen molar-refractivity contribution in [2.45, 2.75) is 38.8 Å². The first-order valence-corrected chi connectivity index (χ1v) is 9.67. The van der Waals surface area contributed by atoms with E-state index in [2.05, 4.69) is 52.8 Å². The highest BCUT2D eigenvalue weighted by molar-refractivity contribution is 14.0. The van der Waals surface area contributed by atoms with Crippen molar-refractivity contribution < 1.29 is 4.42 Å². The van der Waals surface area contributed by atoms with Gasteiger partial charge in [-0.25, -0.2) is 0 Å². The lowest BCUT2D eigenvalue weighted by Gasteiger charge is -2.33. The van der Waals surface area contributed by atoms with Gasteiger partial charge in [0.1, 0.15) is 5.76 Å². The van der Waals surface area contributed by atoms with Crippen LogP contribution in [-0.4, -0.2) is 43.1 Å². The lowest BCUT2D eigenvalue weighted by atomic mass is 10.0. The Kier molecular flexibility index (Phi) is 9.69. The molecule has 2 aromatic rings. The van der Waals surface area contributed by atoms with Crippen LogP contribution in [0.4, 0.5) is 0 Å². The monoisotopic (exact) mass is 482 g/mol. The SMILES string of the molecule is CCNC(=NCCc1ccco1)NC1CCN(Cc2ccccc2)CC1.I. The summed E-state index contributed by atoms with van der Waals surface area (Å²) in [7, 11) is 0. The van der Waals surface area contributed by atoms with Gasteiger partial charge >= 0.3 is 0 Å². The Morgan fingerprint density at radius 3 is 2.59 bits per heavy atom. The van der Waals surface area contributed by atoms with Crippen molar-refractivity contribution in [3.8, 4) is 0 Å². The smallest absolute Gasteiger partial charge is 0.191 e. The molecule has 27 heavy (non-hydrogen) atoms. The van der Waals surface area contributed by atoms with E-state index in [1.165, 1.54) is 5.56 Å². The van der Waals surface area contributed by atoms with E-state index in [1.807, 2.05) is 12.1 Å². The number of hydrogen-bond donors (Lipinski definition) is 2. The molecule has 0 aliphatic carbocycles. The molecule has 1 aromatic heterocycles. The zero-order valence-corrected chi connectivity index (χ0v) is 18.4. The predicted molar refractivity (Wildman–Crippen MR) is 122 cm³/mol. The van der Waals surface area contributed by atoms with E-state index in [9.17, 15) is 0 Å². The molecule has 1 saturated heterocycles. The molecule has 0 radical (unpaired) electrons. The summed E-state index contributed by atoms with van der Waals surface area (Å²) < 4.78 is 5.37. The number of rotatable bonds is 7. The fourth-order valence-corrected chi connectivity index (χ4v) is 3.32. The Labute approximate surface area is 179 Å². The fourth-order valence-electron chi connectivity index (χ4n) is 3.32. The van der Waals surface area contributed by atoms with Gasteiger partial charge in [-0.1, -0.05) is 30.3 Å². The average molecular weight is 482 g/mol. The summed E-state index contributed by atoms with van der Waals surface area (Å²) in [6, 6.07) is 15.1. The topological polar surface area (TPSA) is 52.8 Å². The molecule has 0 unspecified atom stereocenters. The number of piperidine rings is 1. The Morgan fingerprint density at radius 2 is 1.93 bits per heavy atom. The van der Waals surface area contributed by atoms with Crippen molar-refractivity contribution in [3.63, 3.8) is 0 Å². The van der Waals surface area contributed by atoms with E-state index in [4.69, 9.17) is 9.41 Å². The number of benzene rings is 1. The molecular formula is C21H31IN4O. The van der Waals surface area contributed by atoms with E-state index in [-0.39, 0.29) is 24.0 Å². The van der Waals surface area contributed by atoms with Gasteiger partial charge < -0.3 is 15.1 Å². The van der Waals surface area contributed by atoms with Gasteiger partial charge in [0.15, 0.2) is 5.96 Å². The number of hydrogen-bond acceptors (Lipinski definition) is 3. The summed E-state index contributed by atoms with van der Waals surface area (Å²) in [6.07, 6.45) is 4.84. The average Bonchev–Trinajstić information content (AvgIpc) is 3.18. The van der Waals surface area contributed by atoms with Crippen molar-refractivity contribution in [3.05, 3.63) is 60.1 Å². The summed E-state index contributed by atoms with van der Waals surface area (Å²) in [5.41, 5.74) is 1.40. The number of aliphatic imine (C=N–C) groups is 1. The second kappa shape index (κ2) is 12.0. The summed E-state index contributed by atoms with van der Waals surface area (Å²) in [5.74, 6) is 1.90. The van der Waals surface area contributed by atoms with E-state index < -0.39 is 0 Å². The molecule has 148 valence electrons. The zero-order valence-electron chi connectivity index (χ0n) is 16.1. The Bertz CT molecular complexity index is 652. The van der Waals surface area contributed by atoms with Crippen molar-refractivity contribution in [2.24, 2.45) is 4.99 Å². The van der Waals surface area contributed by atoms with E-state index in [0.717, 1.165) is 63.7 Å². The van der Waals surface area contributed by atoms with Gasteiger partial charge in [0.05, 0.1) is 6.26 Å². The summed E-state index contributed by atoms with van der Waals surface area (Å²) in [4.78, 5) is 7.23. The molecule has 0 saturated carbocycles. The van der Waals surface area contributed by atoms with Crippen LogP contribution in [0.2, 0.25) is 0 Å². The van der Waals surface area contributed by atoms with Crippen LogP contribution in [0, 0.1) is 0 Å². The van der Waals surface area contributed by atoms with Crippen LogP contribution in [0.5, 0.6) is 0 Å². The van der Waals surface area contributed by atoms with Crippen molar-refractivity contribution >= 4 is 29.9 Å². The van der Waals surface area contributed by atoms with E-state index in [1.54, 1.807) is 6.26 Å². The van der Waals surface area contributed by atoms with Crippen molar-refractivity contribution in [2.75, 3.05) is 26.2 Å². The maximum atomic E-state index is 5.37. The molecule has 1 aliphatic rings. The number of likely N-dealkylation sites (tertiary alicyclic amines) is 1. The third kappa shape index (κ3) is 7.54. The number of guanidine groups is 1. The highest BCUT2D eigenvalue weighted by atomic mass is 127. The fraction of sp³-hybridized carbons (Fsp3) is 0.476. The zero-order chi connectivity index (χ0) is 18.0. The normalized spacial score (nSPS) is 16.0. The maximum absolute atomic E-state index is 5.37. The quantitative estimate of drug-likeness (QED) is 0.360. The van der Waals surface area contributed by atoms with Gasteiger partial charge in [-0.05, 0) is 37.5 Å². The van der Waals surface area contributed by atoms with Gasteiger partial charge in [-0.15, -0.1) is 24.0 Å². The third-order valence-electron chi connectivity index (χ3n) is 4.73.